The topological polar surface area (TPSA) is 64.7 Å². The average Bonchev–Trinajstić information content (AvgIpc) is 2.85. The van der Waals surface area contributed by atoms with Crippen LogP contribution in [0.3, 0.4) is 0 Å². The standard InChI is InChI=1S/C27H20N4/c28-24-17-22(19-10-4-1-5-11-19)16-23(18-24)27-30-25(20-12-6-2-7-13-20)29-26(31-27)21-14-8-3-9-15-21/h1-18H,28H2. The Bertz CT molecular complexity index is 1260. The van der Waals surface area contributed by atoms with E-state index in [0.29, 0.717) is 23.2 Å². The minimum absolute atomic E-state index is 0.595. The van der Waals surface area contributed by atoms with Gasteiger partial charge in [0.25, 0.3) is 0 Å². The second kappa shape index (κ2) is 8.20. The van der Waals surface area contributed by atoms with E-state index in [-0.39, 0.29) is 0 Å². The van der Waals surface area contributed by atoms with Gasteiger partial charge in [0.05, 0.1) is 0 Å². The number of nitrogen functional groups attached to an aromatic ring is 1. The smallest absolute Gasteiger partial charge is 0.164 e. The molecule has 0 spiro atoms. The van der Waals surface area contributed by atoms with E-state index in [1.807, 2.05) is 91.0 Å². The lowest BCUT2D eigenvalue weighted by molar-refractivity contribution is 1.07. The largest absolute Gasteiger partial charge is 0.399 e. The Labute approximate surface area is 181 Å². The van der Waals surface area contributed by atoms with Crippen molar-refractivity contribution in [2.24, 2.45) is 0 Å². The molecule has 0 saturated heterocycles. The van der Waals surface area contributed by atoms with Crippen molar-refractivity contribution in [1.82, 2.24) is 15.0 Å². The second-order valence-electron chi connectivity index (χ2n) is 7.25. The van der Waals surface area contributed by atoms with Gasteiger partial charge in [-0.15, -0.1) is 0 Å². The third-order valence-corrected chi connectivity index (χ3v) is 5.02. The highest BCUT2D eigenvalue weighted by atomic mass is 15.0. The molecule has 0 radical (unpaired) electrons. The van der Waals surface area contributed by atoms with Gasteiger partial charge in [-0.25, -0.2) is 15.0 Å². The van der Waals surface area contributed by atoms with Gasteiger partial charge in [0, 0.05) is 22.4 Å². The van der Waals surface area contributed by atoms with Crippen LogP contribution in [0.4, 0.5) is 5.69 Å². The predicted octanol–water partition coefficient (Wildman–Crippen LogP) is 6.12. The van der Waals surface area contributed by atoms with E-state index in [4.69, 9.17) is 20.7 Å². The number of benzene rings is 4. The third-order valence-electron chi connectivity index (χ3n) is 5.02. The van der Waals surface area contributed by atoms with Gasteiger partial charge in [0.2, 0.25) is 0 Å². The molecule has 4 nitrogen and oxygen atoms in total. The van der Waals surface area contributed by atoms with Crippen LogP contribution >= 0.6 is 0 Å². The maximum Gasteiger partial charge on any atom is 0.164 e. The van der Waals surface area contributed by atoms with Crippen LogP contribution in [0.15, 0.2) is 109 Å². The van der Waals surface area contributed by atoms with Crippen molar-refractivity contribution in [3.8, 4) is 45.3 Å². The van der Waals surface area contributed by atoms with Crippen LogP contribution in [-0.4, -0.2) is 15.0 Å². The molecule has 4 heteroatoms. The molecule has 0 aliphatic heterocycles. The zero-order valence-electron chi connectivity index (χ0n) is 16.8. The van der Waals surface area contributed by atoms with Crippen LogP contribution in [-0.2, 0) is 0 Å². The quantitative estimate of drug-likeness (QED) is 0.369. The minimum atomic E-state index is 0.595. The molecular formula is C27H20N4. The zero-order valence-corrected chi connectivity index (χ0v) is 16.8. The van der Waals surface area contributed by atoms with E-state index in [2.05, 4.69) is 18.2 Å². The van der Waals surface area contributed by atoms with E-state index >= 15 is 0 Å². The van der Waals surface area contributed by atoms with Gasteiger partial charge >= 0.3 is 0 Å². The number of nitrogens with zero attached hydrogens (tertiary/aromatic N) is 3. The second-order valence-corrected chi connectivity index (χ2v) is 7.25. The minimum Gasteiger partial charge on any atom is -0.399 e. The summed E-state index contributed by atoms with van der Waals surface area (Å²) in [5.41, 5.74) is 11.8. The molecule has 0 saturated carbocycles. The Kier molecular flexibility index (Phi) is 4.95. The molecule has 0 amide bonds. The van der Waals surface area contributed by atoms with Crippen LogP contribution in [0, 0.1) is 0 Å². The number of hydrogen-bond acceptors (Lipinski definition) is 4. The number of nitrogens with two attached hydrogens (primary N) is 1. The van der Waals surface area contributed by atoms with Gasteiger partial charge in [-0.1, -0.05) is 91.0 Å². The highest BCUT2D eigenvalue weighted by Gasteiger charge is 2.13. The highest BCUT2D eigenvalue weighted by Crippen LogP contribution is 2.30. The maximum atomic E-state index is 6.26. The molecule has 148 valence electrons. The fraction of sp³-hybridized carbons (Fsp3) is 0. The van der Waals surface area contributed by atoms with Crippen molar-refractivity contribution in [3.05, 3.63) is 109 Å². The SMILES string of the molecule is Nc1cc(-c2ccccc2)cc(-c2nc(-c3ccccc3)nc(-c3ccccc3)n2)c1. The molecule has 5 rings (SSSR count). The molecule has 0 aliphatic carbocycles. The zero-order chi connectivity index (χ0) is 21.0. The Morgan fingerprint density at radius 3 is 1.26 bits per heavy atom. The van der Waals surface area contributed by atoms with E-state index in [9.17, 15) is 0 Å². The first kappa shape index (κ1) is 18.7. The van der Waals surface area contributed by atoms with E-state index in [0.717, 1.165) is 27.8 Å². The molecule has 0 unspecified atom stereocenters. The summed E-state index contributed by atoms with van der Waals surface area (Å²) in [6.45, 7) is 0. The number of rotatable bonds is 4. The lowest BCUT2D eigenvalue weighted by atomic mass is 10.0. The number of anilines is 1. The van der Waals surface area contributed by atoms with Gasteiger partial charge in [-0.2, -0.15) is 0 Å². The molecule has 31 heavy (non-hydrogen) atoms. The predicted molar refractivity (Wildman–Crippen MR) is 126 cm³/mol. The van der Waals surface area contributed by atoms with Gasteiger partial charge in [0.15, 0.2) is 17.5 Å². The summed E-state index contributed by atoms with van der Waals surface area (Å²) in [5, 5.41) is 0. The highest BCUT2D eigenvalue weighted by molar-refractivity contribution is 5.76. The molecule has 1 heterocycles. The molecule has 0 bridgehead atoms. The summed E-state index contributed by atoms with van der Waals surface area (Å²) < 4.78 is 0. The van der Waals surface area contributed by atoms with Crippen molar-refractivity contribution in [2.45, 2.75) is 0 Å². The third kappa shape index (κ3) is 4.05. The molecule has 4 aromatic carbocycles. The summed E-state index contributed by atoms with van der Waals surface area (Å²) in [5.74, 6) is 1.86. The first-order valence-electron chi connectivity index (χ1n) is 10.1. The molecule has 5 aromatic rings. The Morgan fingerprint density at radius 2 is 0.774 bits per heavy atom. The Balaban J connectivity index is 1.70. The first-order valence-corrected chi connectivity index (χ1v) is 10.1. The summed E-state index contributed by atoms with van der Waals surface area (Å²) >= 11 is 0. The molecule has 1 aromatic heterocycles. The molecule has 0 atom stereocenters. The number of aromatic nitrogens is 3. The monoisotopic (exact) mass is 400 g/mol. The summed E-state index contributed by atoms with van der Waals surface area (Å²) in [6, 6.07) is 36.0. The summed E-state index contributed by atoms with van der Waals surface area (Å²) in [7, 11) is 0. The normalized spacial score (nSPS) is 10.7. The van der Waals surface area contributed by atoms with E-state index in [1.165, 1.54) is 0 Å². The van der Waals surface area contributed by atoms with Crippen molar-refractivity contribution in [3.63, 3.8) is 0 Å². The average molecular weight is 400 g/mol. The number of hydrogen-bond donors (Lipinski definition) is 1. The van der Waals surface area contributed by atoms with E-state index < -0.39 is 0 Å². The van der Waals surface area contributed by atoms with E-state index in [1.54, 1.807) is 0 Å². The van der Waals surface area contributed by atoms with Crippen molar-refractivity contribution in [2.75, 3.05) is 5.73 Å². The molecule has 2 N–H and O–H groups in total. The maximum absolute atomic E-state index is 6.26. The molecule has 0 aliphatic rings. The van der Waals surface area contributed by atoms with Gasteiger partial charge in [0.1, 0.15) is 0 Å². The Morgan fingerprint density at radius 1 is 0.387 bits per heavy atom. The van der Waals surface area contributed by atoms with Crippen LogP contribution in [0.2, 0.25) is 0 Å². The van der Waals surface area contributed by atoms with Crippen molar-refractivity contribution >= 4 is 5.69 Å². The fourth-order valence-corrected chi connectivity index (χ4v) is 3.52. The summed E-state index contributed by atoms with van der Waals surface area (Å²) in [4.78, 5) is 14.3. The lowest BCUT2D eigenvalue weighted by Crippen LogP contribution is -2.00. The van der Waals surface area contributed by atoms with Crippen LogP contribution in [0.25, 0.3) is 45.3 Å². The molecular weight excluding hydrogens is 380 g/mol. The van der Waals surface area contributed by atoms with Gasteiger partial charge < -0.3 is 5.73 Å². The fourth-order valence-electron chi connectivity index (χ4n) is 3.52. The summed E-state index contributed by atoms with van der Waals surface area (Å²) in [6.07, 6.45) is 0. The molecule has 0 fully saturated rings. The Hall–Kier alpha value is -4.31. The van der Waals surface area contributed by atoms with Crippen molar-refractivity contribution in [1.29, 1.82) is 0 Å². The first-order chi connectivity index (χ1) is 15.3. The van der Waals surface area contributed by atoms with Crippen LogP contribution in [0.5, 0.6) is 0 Å². The van der Waals surface area contributed by atoms with Gasteiger partial charge in [-0.3, -0.25) is 0 Å². The van der Waals surface area contributed by atoms with Crippen LogP contribution in [0.1, 0.15) is 0 Å². The lowest BCUT2D eigenvalue weighted by Gasteiger charge is -2.10. The van der Waals surface area contributed by atoms with Crippen molar-refractivity contribution < 1.29 is 0 Å². The van der Waals surface area contributed by atoms with Gasteiger partial charge in [-0.05, 0) is 29.3 Å². The van der Waals surface area contributed by atoms with Crippen LogP contribution < -0.4 is 5.73 Å².